The number of carboxylic acid groups (broad SMARTS) is 3. The lowest BCUT2D eigenvalue weighted by atomic mass is 9.95. The Bertz CT molecular complexity index is 503. The maximum atomic E-state index is 11.6. The van der Waals surface area contributed by atoms with Crippen molar-refractivity contribution in [2.75, 3.05) is 0 Å². The van der Waals surface area contributed by atoms with Gasteiger partial charge in [-0.3, -0.25) is 14.1 Å². The largest absolute Gasteiger partial charge is 0.481 e. The van der Waals surface area contributed by atoms with E-state index in [1.165, 1.54) is 0 Å². The van der Waals surface area contributed by atoms with E-state index >= 15 is 0 Å². The van der Waals surface area contributed by atoms with Gasteiger partial charge in [-0.05, 0) is 6.92 Å². The van der Waals surface area contributed by atoms with Gasteiger partial charge in [0, 0.05) is 0 Å². The van der Waals surface area contributed by atoms with Gasteiger partial charge in [0.1, 0.15) is 0 Å². The Morgan fingerprint density at radius 2 is 1.45 bits per heavy atom. The van der Waals surface area contributed by atoms with Crippen LogP contribution in [0.15, 0.2) is 0 Å². The molecule has 0 bridgehead atoms. The van der Waals surface area contributed by atoms with Gasteiger partial charge in [0.2, 0.25) is 5.60 Å². The van der Waals surface area contributed by atoms with E-state index in [0.717, 1.165) is 6.92 Å². The first-order valence-electron chi connectivity index (χ1n) is 5.43. The van der Waals surface area contributed by atoms with Crippen molar-refractivity contribution in [1.29, 1.82) is 0 Å². The SMILES string of the molecule is CC(OP(=O)(O)O)C(=O)OC(CC(=O)O)(CC(=O)O)C(=O)O. The van der Waals surface area contributed by atoms with Crippen LogP contribution in [0.25, 0.3) is 0 Å². The summed E-state index contributed by atoms with van der Waals surface area (Å²) >= 11 is 0. The highest BCUT2D eigenvalue weighted by Gasteiger charge is 2.48. The van der Waals surface area contributed by atoms with Crippen molar-refractivity contribution in [3.63, 3.8) is 0 Å². The third-order valence-corrected chi connectivity index (χ3v) is 2.78. The fourth-order valence-electron chi connectivity index (χ4n) is 1.34. The Kier molecular flexibility index (Phi) is 6.64. The quantitative estimate of drug-likeness (QED) is 0.247. The summed E-state index contributed by atoms with van der Waals surface area (Å²) in [6, 6.07) is 0. The summed E-state index contributed by atoms with van der Waals surface area (Å²) < 4.78 is 18.9. The molecule has 13 heteroatoms. The van der Waals surface area contributed by atoms with Crippen LogP contribution in [0.1, 0.15) is 19.8 Å². The van der Waals surface area contributed by atoms with Gasteiger partial charge >= 0.3 is 31.7 Å². The van der Waals surface area contributed by atoms with Crippen molar-refractivity contribution < 1.29 is 58.1 Å². The zero-order valence-electron chi connectivity index (χ0n) is 11.0. The maximum absolute atomic E-state index is 11.6. The average molecular weight is 344 g/mol. The van der Waals surface area contributed by atoms with Crippen LogP contribution in [-0.4, -0.2) is 60.7 Å². The molecule has 1 atom stereocenters. The first-order valence-corrected chi connectivity index (χ1v) is 6.96. The molecule has 22 heavy (non-hydrogen) atoms. The number of phosphoric acid groups is 1. The minimum atomic E-state index is -5.10. The number of ether oxygens (including phenoxy) is 1. The molecule has 0 aromatic rings. The number of carboxylic acids is 3. The Hall–Kier alpha value is -2.01. The lowest BCUT2D eigenvalue weighted by Gasteiger charge is -2.27. The molecule has 0 aliphatic heterocycles. The van der Waals surface area contributed by atoms with E-state index in [0.29, 0.717) is 0 Å². The van der Waals surface area contributed by atoms with Gasteiger partial charge in [0.05, 0.1) is 12.8 Å². The first-order chi connectivity index (χ1) is 9.79. The number of aliphatic carboxylic acids is 3. The van der Waals surface area contributed by atoms with E-state index in [-0.39, 0.29) is 0 Å². The summed E-state index contributed by atoms with van der Waals surface area (Å²) in [5.74, 6) is -7.22. The minimum Gasteiger partial charge on any atom is -0.481 e. The van der Waals surface area contributed by atoms with Crippen molar-refractivity contribution in [2.24, 2.45) is 0 Å². The van der Waals surface area contributed by atoms with Crippen molar-refractivity contribution >= 4 is 31.7 Å². The van der Waals surface area contributed by atoms with Gasteiger partial charge < -0.3 is 29.8 Å². The molecule has 0 heterocycles. The standard InChI is InChI=1S/C9H13O12P/c1-4(21-22(17,18)19)7(14)20-9(8(15)16,2-5(10)11)3-6(12)13/h4H,2-3H2,1H3,(H,10,11)(H,12,13)(H,15,16)(H2,17,18,19). The van der Waals surface area contributed by atoms with E-state index < -0.39 is 56.2 Å². The number of carbonyl (C=O) groups excluding carboxylic acids is 1. The fourth-order valence-corrected chi connectivity index (χ4v) is 1.84. The van der Waals surface area contributed by atoms with Crippen LogP contribution >= 0.6 is 7.82 Å². The number of hydrogen-bond acceptors (Lipinski definition) is 7. The summed E-state index contributed by atoms with van der Waals surface area (Å²) in [5.41, 5.74) is -2.94. The lowest BCUT2D eigenvalue weighted by molar-refractivity contribution is -0.190. The predicted molar refractivity (Wildman–Crippen MR) is 63.6 cm³/mol. The van der Waals surface area contributed by atoms with E-state index in [1.54, 1.807) is 0 Å². The van der Waals surface area contributed by atoms with Gasteiger partial charge in [0.25, 0.3) is 0 Å². The number of hydrogen-bond donors (Lipinski definition) is 5. The Balaban J connectivity index is 5.39. The second-order valence-corrected chi connectivity index (χ2v) is 5.29. The van der Waals surface area contributed by atoms with Crippen molar-refractivity contribution in [3.05, 3.63) is 0 Å². The molecule has 1 unspecified atom stereocenters. The number of rotatable bonds is 9. The summed E-state index contributed by atoms with van der Waals surface area (Å²) in [5, 5.41) is 26.3. The molecule has 0 aromatic carbocycles. The van der Waals surface area contributed by atoms with Gasteiger partial charge in [-0.2, -0.15) is 0 Å². The monoisotopic (exact) mass is 344 g/mol. The molecule has 0 fully saturated rings. The molecule has 12 nitrogen and oxygen atoms in total. The number of carbonyl (C=O) groups is 4. The molecule has 0 aliphatic rings. The highest BCUT2D eigenvalue weighted by molar-refractivity contribution is 7.46. The molecule has 0 amide bonds. The third kappa shape index (κ3) is 6.63. The topological polar surface area (TPSA) is 205 Å². The summed E-state index contributed by atoms with van der Waals surface area (Å²) in [4.78, 5) is 61.1. The Morgan fingerprint density at radius 1 is 1.05 bits per heavy atom. The van der Waals surface area contributed by atoms with Crippen LogP contribution in [-0.2, 0) is 33.0 Å². The normalized spacial score (nSPS) is 13.2. The van der Waals surface area contributed by atoms with Crippen molar-refractivity contribution in [3.8, 4) is 0 Å². The highest BCUT2D eigenvalue weighted by Crippen LogP contribution is 2.38. The van der Waals surface area contributed by atoms with Crippen LogP contribution in [0.2, 0.25) is 0 Å². The molecular weight excluding hydrogens is 331 g/mol. The third-order valence-electron chi connectivity index (χ3n) is 2.19. The summed E-state index contributed by atoms with van der Waals surface area (Å²) in [7, 11) is -5.10. The minimum absolute atomic E-state index is 0.801. The van der Waals surface area contributed by atoms with Crippen molar-refractivity contribution in [1.82, 2.24) is 0 Å². The second kappa shape index (κ2) is 7.31. The number of esters is 1. The molecule has 0 spiro atoms. The Labute approximate surface area is 122 Å². The van der Waals surface area contributed by atoms with Gasteiger partial charge in [-0.25, -0.2) is 14.2 Å². The number of phosphoric ester groups is 1. The van der Waals surface area contributed by atoms with E-state index in [4.69, 9.17) is 25.1 Å². The first kappa shape index (κ1) is 20.0. The van der Waals surface area contributed by atoms with Crippen LogP contribution < -0.4 is 0 Å². The van der Waals surface area contributed by atoms with E-state index in [1.807, 2.05) is 0 Å². The zero-order chi connectivity index (χ0) is 17.7. The van der Waals surface area contributed by atoms with Gasteiger partial charge in [-0.1, -0.05) is 0 Å². The lowest BCUT2D eigenvalue weighted by Crippen LogP contribution is -2.48. The van der Waals surface area contributed by atoms with Crippen LogP contribution in [0.4, 0.5) is 0 Å². The molecule has 0 aromatic heterocycles. The van der Waals surface area contributed by atoms with Crippen LogP contribution in [0.3, 0.4) is 0 Å². The summed E-state index contributed by atoms with van der Waals surface area (Å²) in [6.45, 7) is 0.801. The fraction of sp³-hybridized carbons (Fsp3) is 0.556. The van der Waals surface area contributed by atoms with E-state index in [2.05, 4.69) is 9.26 Å². The van der Waals surface area contributed by atoms with Crippen LogP contribution in [0.5, 0.6) is 0 Å². The molecule has 0 rings (SSSR count). The molecule has 0 saturated heterocycles. The Morgan fingerprint density at radius 3 is 1.73 bits per heavy atom. The van der Waals surface area contributed by atoms with Gasteiger partial charge in [-0.15, -0.1) is 0 Å². The molecule has 0 radical (unpaired) electrons. The van der Waals surface area contributed by atoms with Crippen molar-refractivity contribution in [2.45, 2.75) is 31.5 Å². The molecule has 5 N–H and O–H groups in total. The predicted octanol–water partition coefficient (Wildman–Crippen LogP) is -1.20. The van der Waals surface area contributed by atoms with Crippen LogP contribution in [0, 0.1) is 0 Å². The molecule has 126 valence electrons. The summed E-state index contributed by atoms with van der Waals surface area (Å²) in [6.07, 6.45) is -4.70. The van der Waals surface area contributed by atoms with E-state index in [9.17, 15) is 23.7 Å². The molecule has 0 saturated carbocycles. The molecule has 0 aliphatic carbocycles. The zero-order valence-corrected chi connectivity index (χ0v) is 11.9. The van der Waals surface area contributed by atoms with Gasteiger partial charge in [0.15, 0.2) is 6.10 Å². The second-order valence-electron chi connectivity index (χ2n) is 4.10. The highest BCUT2D eigenvalue weighted by atomic mass is 31.2. The maximum Gasteiger partial charge on any atom is 0.470 e. The smallest absolute Gasteiger partial charge is 0.470 e. The molecular formula is C9H13O12P. The average Bonchev–Trinajstić information content (AvgIpc) is 2.23.